The lowest BCUT2D eigenvalue weighted by Crippen LogP contribution is -2.34. The minimum absolute atomic E-state index is 0.0825. The molecule has 2 heterocycles. The Hall–Kier alpha value is -2.03. The van der Waals surface area contributed by atoms with E-state index >= 15 is 0 Å². The quantitative estimate of drug-likeness (QED) is 0.504. The van der Waals surface area contributed by atoms with E-state index in [2.05, 4.69) is 15.3 Å². The standard InChI is InChI=1S/C20H22ClN3O3S2/c1-11-12(2)29-20-17(11)19(26)23-16(24-20)10-28-13(3)18(25)22-8-9-27-15-6-4-14(21)5-7-15/h4-7,13H,8-10H2,1-3H3,(H,22,25)(H,23,24,26). The smallest absolute Gasteiger partial charge is 0.259 e. The molecule has 0 saturated carbocycles. The van der Waals surface area contributed by atoms with Crippen LogP contribution in [0.5, 0.6) is 5.75 Å². The predicted octanol–water partition coefficient (Wildman–Crippen LogP) is 4.07. The van der Waals surface area contributed by atoms with E-state index < -0.39 is 0 Å². The van der Waals surface area contributed by atoms with E-state index in [0.717, 1.165) is 15.3 Å². The van der Waals surface area contributed by atoms with Crippen LogP contribution in [-0.4, -0.2) is 34.3 Å². The second-order valence-electron chi connectivity index (χ2n) is 6.52. The zero-order valence-corrected chi connectivity index (χ0v) is 18.8. The first-order valence-electron chi connectivity index (χ1n) is 9.11. The molecule has 0 aliphatic rings. The summed E-state index contributed by atoms with van der Waals surface area (Å²) in [5.74, 6) is 1.66. The van der Waals surface area contributed by atoms with E-state index in [1.54, 1.807) is 24.3 Å². The van der Waals surface area contributed by atoms with Crippen LogP contribution in [0.2, 0.25) is 5.02 Å². The summed E-state index contributed by atoms with van der Waals surface area (Å²) in [4.78, 5) is 33.8. The maximum atomic E-state index is 12.3. The average Bonchev–Trinajstić information content (AvgIpc) is 2.98. The van der Waals surface area contributed by atoms with Crippen molar-refractivity contribution in [2.75, 3.05) is 13.2 Å². The van der Waals surface area contributed by atoms with E-state index in [1.807, 2.05) is 20.8 Å². The molecule has 0 aliphatic heterocycles. The highest BCUT2D eigenvalue weighted by atomic mass is 35.5. The van der Waals surface area contributed by atoms with Gasteiger partial charge in [0.2, 0.25) is 5.91 Å². The van der Waals surface area contributed by atoms with E-state index in [-0.39, 0.29) is 16.7 Å². The minimum Gasteiger partial charge on any atom is -0.492 e. The molecule has 0 saturated heterocycles. The number of H-pyrrole nitrogens is 1. The third-order valence-electron chi connectivity index (χ3n) is 4.41. The number of aromatic nitrogens is 2. The Balaban J connectivity index is 1.46. The molecule has 9 heteroatoms. The molecule has 0 spiro atoms. The Morgan fingerprint density at radius 3 is 2.79 bits per heavy atom. The van der Waals surface area contributed by atoms with Gasteiger partial charge in [-0.1, -0.05) is 11.6 Å². The number of hydrogen-bond donors (Lipinski definition) is 2. The van der Waals surface area contributed by atoms with Crippen molar-refractivity contribution in [2.24, 2.45) is 0 Å². The van der Waals surface area contributed by atoms with Gasteiger partial charge in [-0.2, -0.15) is 0 Å². The fraction of sp³-hybridized carbons (Fsp3) is 0.350. The fourth-order valence-corrected chi connectivity index (χ4v) is 4.62. The molecular weight excluding hydrogens is 430 g/mol. The second kappa shape index (κ2) is 9.65. The molecule has 1 unspecified atom stereocenters. The third kappa shape index (κ3) is 5.52. The zero-order chi connectivity index (χ0) is 21.0. The van der Waals surface area contributed by atoms with Crippen molar-refractivity contribution in [3.8, 4) is 5.75 Å². The summed E-state index contributed by atoms with van der Waals surface area (Å²) in [7, 11) is 0. The van der Waals surface area contributed by atoms with Gasteiger partial charge in [-0.3, -0.25) is 9.59 Å². The Bertz CT molecular complexity index is 1060. The summed E-state index contributed by atoms with van der Waals surface area (Å²) in [5.41, 5.74) is 0.857. The van der Waals surface area contributed by atoms with Crippen LogP contribution in [0, 0.1) is 13.8 Å². The van der Waals surface area contributed by atoms with Crippen LogP contribution in [0.4, 0.5) is 0 Å². The number of benzene rings is 1. The number of rotatable bonds is 8. The van der Waals surface area contributed by atoms with Crippen molar-refractivity contribution in [3.63, 3.8) is 0 Å². The van der Waals surface area contributed by atoms with Gasteiger partial charge in [-0.05, 0) is 50.6 Å². The molecule has 1 amide bonds. The van der Waals surface area contributed by atoms with Crippen molar-refractivity contribution < 1.29 is 9.53 Å². The third-order valence-corrected chi connectivity index (χ3v) is 6.92. The molecule has 3 rings (SSSR count). The predicted molar refractivity (Wildman–Crippen MR) is 120 cm³/mol. The van der Waals surface area contributed by atoms with Gasteiger partial charge in [0.15, 0.2) is 0 Å². The number of aryl methyl sites for hydroxylation is 2. The molecule has 6 nitrogen and oxygen atoms in total. The van der Waals surface area contributed by atoms with Gasteiger partial charge < -0.3 is 15.0 Å². The van der Waals surface area contributed by atoms with Gasteiger partial charge in [0.05, 0.1) is 22.9 Å². The Morgan fingerprint density at radius 2 is 2.07 bits per heavy atom. The van der Waals surface area contributed by atoms with Crippen LogP contribution < -0.4 is 15.6 Å². The highest BCUT2D eigenvalue weighted by Gasteiger charge is 2.16. The van der Waals surface area contributed by atoms with Crippen LogP contribution in [0.15, 0.2) is 29.1 Å². The number of amides is 1. The maximum absolute atomic E-state index is 12.3. The number of aromatic amines is 1. The molecule has 0 fully saturated rings. The van der Waals surface area contributed by atoms with Crippen LogP contribution in [0.1, 0.15) is 23.2 Å². The molecule has 154 valence electrons. The molecule has 0 radical (unpaired) electrons. The topological polar surface area (TPSA) is 84.1 Å². The van der Waals surface area contributed by atoms with Gasteiger partial charge in [0.1, 0.15) is 23.0 Å². The lowest BCUT2D eigenvalue weighted by atomic mass is 10.2. The number of halogens is 1. The highest BCUT2D eigenvalue weighted by Crippen LogP contribution is 2.26. The number of nitrogens with one attached hydrogen (secondary N) is 2. The molecule has 2 aromatic heterocycles. The zero-order valence-electron chi connectivity index (χ0n) is 16.4. The first-order chi connectivity index (χ1) is 13.8. The number of fused-ring (bicyclic) bond motifs is 1. The second-order valence-corrected chi connectivity index (χ2v) is 9.49. The van der Waals surface area contributed by atoms with Crippen molar-refractivity contribution in [3.05, 3.63) is 55.9 Å². The lowest BCUT2D eigenvalue weighted by molar-refractivity contribution is -0.120. The average molecular weight is 452 g/mol. The Kier molecular flexibility index (Phi) is 7.21. The first-order valence-corrected chi connectivity index (χ1v) is 11.4. The van der Waals surface area contributed by atoms with Gasteiger partial charge >= 0.3 is 0 Å². The number of carbonyl (C=O) groups is 1. The van der Waals surface area contributed by atoms with Crippen LogP contribution in [-0.2, 0) is 10.5 Å². The SMILES string of the molecule is Cc1sc2nc(CSC(C)C(=O)NCCOc3ccc(Cl)cc3)[nH]c(=O)c2c1C. The first kappa shape index (κ1) is 21.7. The van der Waals surface area contributed by atoms with Crippen molar-refractivity contribution in [1.29, 1.82) is 0 Å². The Labute approximate surface area is 182 Å². The molecule has 2 N–H and O–H groups in total. The van der Waals surface area contributed by atoms with E-state index in [1.165, 1.54) is 23.1 Å². The summed E-state index contributed by atoms with van der Waals surface area (Å²) in [5, 5.41) is 3.88. The van der Waals surface area contributed by atoms with Crippen molar-refractivity contribution >= 4 is 50.8 Å². The maximum Gasteiger partial charge on any atom is 0.259 e. The molecule has 0 aliphatic carbocycles. The molecule has 29 heavy (non-hydrogen) atoms. The lowest BCUT2D eigenvalue weighted by Gasteiger charge is -2.12. The molecule has 1 atom stereocenters. The Morgan fingerprint density at radius 1 is 1.34 bits per heavy atom. The van der Waals surface area contributed by atoms with Crippen LogP contribution in [0.3, 0.4) is 0 Å². The van der Waals surface area contributed by atoms with E-state index in [9.17, 15) is 9.59 Å². The molecular formula is C20H22ClN3O3S2. The highest BCUT2D eigenvalue weighted by molar-refractivity contribution is 7.99. The number of carbonyl (C=O) groups excluding carboxylic acids is 1. The van der Waals surface area contributed by atoms with Crippen molar-refractivity contribution in [1.82, 2.24) is 15.3 Å². The molecule has 3 aromatic rings. The van der Waals surface area contributed by atoms with Crippen LogP contribution in [0.25, 0.3) is 10.2 Å². The summed E-state index contributed by atoms with van der Waals surface area (Å²) in [6.07, 6.45) is 0. The number of thiophene rings is 1. The number of ether oxygens (including phenoxy) is 1. The molecule has 0 bridgehead atoms. The van der Waals surface area contributed by atoms with Gasteiger partial charge in [0, 0.05) is 9.90 Å². The van der Waals surface area contributed by atoms with Crippen LogP contribution >= 0.6 is 34.7 Å². The largest absolute Gasteiger partial charge is 0.492 e. The number of thioether (sulfide) groups is 1. The summed E-state index contributed by atoms with van der Waals surface area (Å²) < 4.78 is 5.56. The summed E-state index contributed by atoms with van der Waals surface area (Å²) in [6.45, 7) is 6.52. The number of nitrogens with zero attached hydrogens (tertiary/aromatic N) is 1. The van der Waals surface area contributed by atoms with E-state index in [4.69, 9.17) is 16.3 Å². The van der Waals surface area contributed by atoms with Gasteiger partial charge in [-0.15, -0.1) is 23.1 Å². The van der Waals surface area contributed by atoms with Crippen molar-refractivity contribution in [2.45, 2.75) is 31.8 Å². The fourth-order valence-electron chi connectivity index (χ4n) is 2.66. The summed E-state index contributed by atoms with van der Waals surface area (Å²) >= 11 is 8.78. The number of hydrogen-bond acceptors (Lipinski definition) is 6. The summed E-state index contributed by atoms with van der Waals surface area (Å²) in [6, 6.07) is 7.07. The van der Waals surface area contributed by atoms with Gasteiger partial charge in [-0.25, -0.2) is 4.98 Å². The van der Waals surface area contributed by atoms with E-state index in [0.29, 0.717) is 40.9 Å². The minimum atomic E-state index is -0.279. The molecule has 1 aromatic carbocycles. The normalized spacial score (nSPS) is 12.1. The monoisotopic (exact) mass is 451 g/mol. The van der Waals surface area contributed by atoms with Gasteiger partial charge in [0.25, 0.3) is 5.56 Å².